The van der Waals surface area contributed by atoms with Crippen molar-refractivity contribution in [3.05, 3.63) is 59.7 Å². The van der Waals surface area contributed by atoms with Gasteiger partial charge in [-0.15, -0.1) is 0 Å². The van der Waals surface area contributed by atoms with Crippen molar-refractivity contribution in [3.63, 3.8) is 0 Å². The minimum absolute atomic E-state index is 0.773. The molecule has 0 radical (unpaired) electrons. The summed E-state index contributed by atoms with van der Waals surface area (Å²) < 4.78 is 0. The average molecular weight is 403 g/mol. The molecule has 0 aliphatic heterocycles. The normalized spacial score (nSPS) is 27.1. The molecule has 0 nitrogen and oxygen atoms in total. The Hall–Kier alpha value is -1.56. The van der Waals surface area contributed by atoms with Gasteiger partial charge in [0.25, 0.3) is 0 Å². The molecule has 0 saturated heterocycles. The first kappa shape index (κ1) is 21.7. The number of hydrogen-bond acceptors (Lipinski definition) is 0. The third-order valence-electron chi connectivity index (χ3n) is 8.14. The Morgan fingerprint density at radius 2 is 0.967 bits per heavy atom. The van der Waals surface area contributed by atoms with Gasteiger partial charge in [0, 0.05) is 0 Å². The highest BCUT2D eigenvalue weighted by Gasteiger charge is 2.23. The van der Waals surface area contributed by atoms with Gasteiger partial charge < -0.3 is 0 Å². The quantitative estimate of drug-likeness (QED) is 0.432. The van der Waals surface area contributed by atoms with Crippen LogP contribution in [0.1, 0.15) is 114 Å². The molecule has 2 saturated carbocycles. The average Bonchev–Trinajstić information content (AvgIpc) is 2.81. The summed E-state index contributed by atoms with van der Waals surface area (Å²) in [7, 11) is 0. The summed E-state index contributed by atoms with van der Waals surface area (Å²) in [6, 6.07) is 19.0. The summed E-state index contributed by atoms with van der Waals surface area (Å²) in [6.45, 7) is 4.67. The van der Waals surface area contributed by atoms with E-state index in [9.17, 15) is 0 Å². The van der Waals surface area contributed by atoms with Gasteiger partial charge in [-0.2, -0.15) is 0 Å². The molecule has 0 amide bonds. The first-order valence-corrected chi connectivity index (χ1v) is 13.0. The summed E-state index contributed by atoms with van der Waals surface area (Å²) in [4.78, 5) is 0. The molecule has 0 unspecified atom stereocenters. The Labute approximate surface area is 185 Å². The van der Waals surface area contributed by atoms with Crippen molar-refractivity contribution in [3.8, 4) is 11.1 Å². The van der Waals surface area contributed by atoms with E-state index in [1.165, 1.54) is 88.2 Å². The first-order valence-electron chi connectivity index (χ1n) is 13.0. The van der Waals surface area contributed by atoms with Crippen molar-refractivity contribution in [1.82, 2.24) is 0 Å². The summed E-state index contributed by atoms with van der Waals surface area (Å²) in [6.07, 6.45) is 16.8. The van der Waals surface area contributed by atoms with Crippen molar-refractivity contribution in [2.75, 3.05) is 0 Å². The van der Waals surface area contributed by atoms with Gasteiger partial charge in [-0.1, -0.05) is 88.1 Å². The topological polar surface area (TPSA) is 0 Å². The van der Waals surface area contributed by atoms with E-state index in [2.05, 4.69) is 62.4 Å². The maximum Gasteiger partial charge on any atom is -0.0162 e. The van der Waals surface area contributed by atoms with E-state index in [-0.39, 0.29) is 0 Å². The van der Waals surface area contributed by atoms with Crippen LogP contribution in [0.5, 0.6) is 0 Å². The lowest BCUT2D eigenvalue weighted by Gasteiger charge is -2.29. The summed E-state index contributed by atoms with van der Waals surface area (Å²) in [5.74, 6) is 3.52. The third-order valence-corrected chi connectivity index (χ3v) is 8.14. The maximum atomic E-state index is 2.50. The van der Waals surface area contributed by atoms with Gasteiger partial charge in [-0.3, -0.25) is 0 Å². The largest absolute Gasteiger partial charge is 0.0654 e. The fourth-order valence-electron chi connectivity index (χ4n) is 6.33. The minimum Gasteiger partial charge on any atom is -0.0654 e. The SMILES string of the molecule is CCC[C@H]1CC[C@H](c2cccc(-c3cccc([C@H]4CC[C@H](CCC)CC4)c3)c2)CC1. The molecule has 2 aromatic carbocycles. The minimum atomic E-state index is 0.773. The van der Waals surface area contributed by atoms with Crippen molar-refractivity contribution < 1.29 is 0 Å². The Morgan fingerprint density at radius 3 is 1.33 bits per heavy atom. The standard InChI is InChI=1S/C30H42/c1-3-7-23-13-17-25(18-14-23)27-9-5-11-29(21-27)30-12-6-10-28(22-30)26-19-15-24(8-4-2)16-20-26/h5-6,9-12,21-26H,3-4,7-8,13-20H2,1-2H3/t23-,24-,25-,26-. The van der Waals surface area contributed by atoms with Gasteiger partial charge in [-0.05, 0) is 97.3 Å². The summed E-state index contributed by atoms with van der Waals surface area (Å²) >= 11 is 0. The fourth-order valence-corrected chi connectivity index (χ4v) is 6.33. The number of rotatable bonds is 7. The van der Waals surface area contributed by atoms with Gasteiger partial charge in [0.05, 0.1) is 0 Å². The van der Waals surface area contributed by atoms with E-state index in [1.807, 2.05) is 0 Å². The second-order valence-electron chi connectivity index (χ2n) is 10.3. The molecule has 0 atom stereocenters. The Bertz CT molecular complexity index is 705. The molecular formula is C30H42. The zero-order valence-corrected chi connectivity index (χ0v) is 19.4. The highest BCUT2D eigenvalue weighted by molar-refractivity contribution is 5.65. The second kappa shape index (κ2) is 10.7. The van der Waals surface area contributed by atoms with Crippen LogP contribution >= 0.6 is 0 Å². The van der Waals surface area contributed by atoms with Crippen LogP contribution in [0.4, 0.5) is 0 Å². The Morgan fingerprint density at radius 1 is 0.567 bits per heavy atom. The van der Waals surface area contributed by atoms with Crippen molar-refractivity contribution in [1.29, 1.82) is 0 Å². The van der Waals surface area contributed by atoms with Crippen LogP contribution in [0.25, 0.3) is 11.1 Å². The molecule has 0 heteroatoms. The van der Waals surface area contributed by atoms with Crippen LogP contribution in [0, 0.1) is 11.8 Å². The monoisotopic (exact) mass is 402 g/mol. The zero-order valence-electron chi connectivity index (χ0n) is 19.4. The molecule has 0 aromatic heterocycles. The van der Waals surface area contributed by atoms with E-state index in [4.69, 9.17) is 0 Å². The molecular weight excluding hydrogens is 360 g/mol. The zero-order chi connectivity index (χ0) is 20.8. The second-order valence-corrected chi connectivity index (χ2v) is 10.3. The van der Waals surface area contributed by atoms with Crippen LogP contribution < -0.4 is 0 Å². The molecule has 162 valence electrons. The van der Waals surface area contributed by atoms with Crippen molar-refractivity contribution >= 4 is 0 Å². The predicted octanol–water partition coefficient (Wildman–Crippen LogP) is 9.50. The smallest absolute Gasteiger partial charge is 0.0162 e. The third kappa shape index (κ3) is 5.37. The van der Waals surface area contributed by atoms with Crippen LogP contribution in [-0.2, 0) is 0 Å². The van der Waals surface area contributed by atoms with Gasteiger partial charge in [0.15, 0.2) is 0 Å². The summed E-state index contributed by atoms with van der Waals surface area (Å²) in [5.41, 5.74) is 6.00. The highest BCUT2D eigenvalue weighted by Crippen LogP contribution is 2.40. The molecule has 0 bridgehead atoms. The van der Waals surface area contributed by atoms with Crippen LogP contribution in [0.3, 0.4) is 0 Å². The summed E-state index contributed by atoms with van der Waals surface area (Å²) in [5, 5.41) is 0. The molecule has 0 heterocycles. The molecule has 2 aliphatic rings. The molecule has 0 N–H and O–H groups in total. The molecule has 4 rings (SSSR count). The lowest BCUT2D eigenvalue weighted by molar-refractivity contribution is 0.308. The predicted molar refractivity (Wildman–Crippen MR) is 131 cm³/mol. The molecule has 0 spiro atoms. The van der Waals surface area contributed by atoms with Crippen molar-refractivity contribution in [2.45, 2.75) is 103 Å². The van der Waals surface area contributed by atoms with E-state index >= 15 is 0 Å². The molecule has 2 aliphatic carbocycles. The fraction of sp³-hybridized carbons (Fsp3) is 0.600. The van der Waals surface area contributed by atoms with E-state index in [1.54, 1.807) is 11.1 Å². The van der Waals surface area contributed by atoms with Gasteiger partial charge >= 0.3 is 0 Å². The van der Waals surface area contributed by atoms with Crippen LogP contribution in [0.15, 0.2) is 48.5 Å². The molecule has 2 aromatic rings. The van der Waals surface area contributed by atoms with Gasteiger partial charge in [-0.25, -0.2) is 0 Å². The maximum absolute atomic E-state index is 2.50. The number of hydrogen-bond donors (Lipinski definition) is 0. The molecule has 30 heavy (non-hydrogen) atoms. The van der Waals surface area contributed by atoms with E-state index in [0.717, 1.165) is 23.7 Å². The van der Waals surface area contributed by atoms with Crippen molar-refractivity contribution in [2.24, 2.45) is 11.8 Å². The van der Waals surface area contributed by atoms with E-state index in [0.29, 0.717) is 0 Å². The Balaban J connectivity index is 1.44. The van der Waals surface area contributed by atoms with Gasteiger partial charge in [0.2, 0.25) is 0 Å². The molecule has 2 fully saturated rings. The van der Waals surface area contributed by atoms with Gasteiger partial charge in [0.1, 0.15) is 0 Å². The first-order chi connectivity index (χ1) is 14.8. The lowest BCUT2D eigenvalue weighted by atomic mass is 9.76. The highest BCUT2D eigenvalue weighted by atomic mass is 14.3. The number of benzene rings is 2. The Kier molecular flexibility index (Phi) is 7.69. The van der Waals surface area contributed by atoms with E-state index < -0.39 is 0 Å². The van der Waals surface area contributed by atoms with Crippen LogP contribution in [0.2, 0.25) is 0 Å². The van der Waals surface area contributed by atoms with Crippen LogP contribution in [-0.4, -0.2) is 0 Å². The lowest BCUT2D eigenvalue weighted by Crippen LogP contribution is -2.13.